The topological polar surface area (TPSA) is 0 Å². The van der Waals surface area contributed by atoms with Crippen LogP contribution in [-0.4, -0.2) is 5.33 Å². The first-order valence-electron chi connectivity index (χ1n) is 7.24. The monoisotopic (exact) mass is 306 g/mol. The summed E-state index contributed by atoms with van der Waals surface area (Å²) in [6, 6.07) is 7.07. The van der Waals surface area contributed by atoms with Crippen molar-refractivity contribution >= 4 is 15.9 Å². The molecule has 3 rings (SSSR count). The third-order valence-corrected chi connectivity index (χ3v) is 6.32. The molecule has 2 saturated carbocycles. The highest BCUT2D eigenvalue weighted by molar-refractivity contribution is 9.09. The number of hydrogen-bond donors (Lipinski definition) is 0. The maximum atomic E-state index is 3.83. The summed E-state index contributed by atoms with van der Waals surface area (Å²) in [6.07, 6.45) is 7.20. The molecule has 0 aliphatic heterocycles. The Hall–Kier alpha value is -0.300. The van der Waals surface area contributed by atoms with E-state index in [1.807, 2.05) is 0 Å². The molecule has 3 atom stereocenters. The maximum Gasteiger partial charge on any atom is 0.00939 e. The van der Waals surface area contributed by atoms with Gasteiger partial charge in [0.1, 0.15) is 0 Å². The average molecular weight is 307 g/mol. The lowest BCUT2D eigenvalue weighted by atomic mass is 9.71. The minimum atomic E-state index is 0.559. The molecule has 0 aromatic heterocycles. The van der Waals surface area contributed by atoms with E-state index in [4.69, 9.17) is 0 Å². The van der Waals surface area contributed by atoms with Gasteiger partial charge in [-0.15, -0.1) is 0 Å². The van der Waals surface area contributed by atoms with Gasteiger partial charge in [0, 0.05) is 5.33 Å². The van der Waals surface area contributed by atoms with Crippen LogP contribution in [0.25, 0.3) is 0 Å². The summed E-state index contributed by atoms with van der Waals surface area (Å²) in [4.78, 5) is 0. The van der Waals surface area contributed by atoms with E-state index in [0.29, 0.717) is 5.41 Å². The number of hydrogen-bond acceptors (Lipinski definition) is 0. The molecule has 0 amide bonds. The third kappa shape index (κ3) is 2.15. The summed E-state index contributed by atoms with van der Waals surface area (Å²) in [7, 11) is 0. The van der Waals surface area contributed by atoms with Crippen molar-refractivity contribution in [3.63, 3.8) is 0 Å². The van der Waals surface area contributed by atoms with Gasteiger partial charge in [-0.05, 0) is 62.3 Å². The van der Waals surface area contributed by atoms with Crippen LogP contribution in [-0.2, 0) is 6.42 Å². The second kappa shape index (κ2) is 4.67. The molecule has 1 aromatic rings. The van der Waals surface area contributed by atoms with Gasteiger partial charge in [-0.2, -0.15) is 0 Å². The van der Waals surface area contributed by atoms with Gasteiger partial charge < -0.3 is 0 Å². The molecule has 1 heteroatoms. The van der Waals surface area contributed by atoms with Crippen LogP contribution in [0.1, 0.15) is 42.4 Å². The quantitative estimate of drug-likeness (QED) is 0.686. The van der Waals surface area contributed by atoms with Gasteiger partial charge in [-0.25, -0.2) is 0 Å². The van der Waals surface area contributed by atoms with Crippen molar-refractivity contribution in [2.45, 2.75) is 46.0 Å². The fourth-order valence-corrected chi connectivity index (χ4v) is 5.45. The second-order valence-corrected chi connectivity index (χ2v) is 7.31. The molecule has 18 heavy (non-hydrogen) atoms. The smallest absolute Gasteiger partial charge is 0.00939 e. The Labute approximate surface area is 119 Å². The van der Waals surface area contributed by atoms with Gasteiger partial charge in [0.15, 0.2) is 0 Å². The van der Waals surface area contributed by atoms with E-state index in [0.717, 1.165) is 11.8 Å². The molecule has 98 valence electrons. The van der Waals surface area contributed by atoms with Crippen molar-refractivity contribution in [3.8, 4) is 0 Å². The van der Waals surface area contributed by atoms with Crippen LogP contribution in [0, 0.1) is 31.1 Å². The summed E-state index contributed by atoms with van der Waals surface area (Å²) in [6.45, 7) is 4.44. The molecular weight excluding hydrogens is 284 g/mol. The van der Waals surface area contributed by atoms with E-state index in [-0.39, 0.29) is 0 Å². The molecule has 3 unspecified atom stereocenters. The Bertz CT molecular complexity index is 431. The van der Waals surface area contributed by atoms with Crippen LogP contribution in [0.4, 0.5) is 0 Å². The maximum absolute atomic E-state index is 3.83. The molecule has 0 nitrogen and oxygen atoms in total. The highest BCUT2D eigenvalue weighted by Crippen LogP contribution is 2.58. The standard InChI is InChI=1S/C17H23Br/c1-12-5-13(2)7-15(6-12)10-17(11-18)9-14-3-4-16(17)8-14/h5-7,14,16H,3-4,8-11H2,1-2H3. The predicted octanol–water partition coefficient (Wildman–Crippen LogP) is 5.05. The lowest BCUT2D eigenvalue weighted by molar-refractivity contribution is 0.197. The molecule has 0 spiro atoms. The number of benzene rings is 1. The molecule has 0 heterocycles. The van der Waals surface area contributed by atoms with Crippen LogP contribution >= 0.6 is 15.9 Å². The van der Waals surface area contributed by atoms with Gasteiger partial charge in [0.25, 0.3) is 0 Å². The van der Waals surface area contributed by atoms with Crippen molar-refractivity contribution in [1.29, 1.82) is 0 Å². The molecule has 0 radical (unpaired) electrons. The van der Waals surface area contributed by atoms with Crippen molar-refractivity contribution in [2.75, 3.05) is 5.33 Å². The van der Waals surface area contributed by atoms with E-state index < -0.39 is 0 Å². The van der Waals surface area contributed by atoms with Gasteiger partial charge in [-0.1, -0.05) is 51.7 Å². The van der Waals surface area contributed by atoms with Gasteiger partial charge in [0.05, 0.1) is 0 Å². The van der Waals surface area contributed by atoms with Crippen molar-refractivity contribution < 1.29 is 0 Å². The van der Waals surface area contributed by atoms with Crippen molar-refractivity contribution in [2.24, 2.45) is 17.3 Å². The van der Waals surface area contributed by atoms with E-state index in [1.165, 1.54) is 48.6 Å². The third-order valence-electron chi connectivity index (χ3n) is 5.21. The average Bonchev–Trinajstić information content (AvgIpc) is 2.88. The van der Waals surface area contributed by atoms with Gasteiger partial charge in [-0.3, -0.25) is 0 Å². The first kappa shape index (κ1) is 12.7. The fourth-order valence-electron chi connectivity index (χ4n) is 4.56. The van der Waals surface area contributed by atoms with E-state index in [9.17, 15) is 0 Å². The number of aryl methyl sites for hydroxylation is 2. The van der Waals surface area contributed by atoms with Crippen LogP contribution < -0.4 is 0 Å². The zero-order valence-corrected chi connectivity index (χ0v) is 13.1. The van der Waals surface area contributed by atoms with Crippen LogP contribution in [0.15, 0.2) is 18.2 Å². The van der Waals surface area contributed by atoms with Crippen molar-refractivity contribution in [1.82, 2.24) is 0 Å². The van der Waals surface area contributed by atoms with Gasteiger partial charge >= 0.3 is 0 Å². The Kier molecular flexibility index (Phi) is 3.30. The van der Waals surface area contributed by atoms with E-state index in [2.05, 4.69) is 48.0 Å². The Morgan fingerprint density at radius 1 is 1.17 bits per heavy atom. The number of rotatable bonds is 3. The molecule has 2 bridgehead atoms. The lowest BCUT2D eigenvalue weighted by Crippen LogP contribution is -2.32. The largest absolute Gasteiger partial charge is 0.0922 e. The van der Waals surface area contributed by atoms with E-state index in [1.54, 1.807) is 5.56 Å². The van der Waals surface area contributed by atoms with Crippen LogP contribution in [0.2, 0.25) is 0 Å². The fraction of sp³-hybridized carbons (Fsp3) is 0.647. The summed E-state index contributed by atoms with van der Waals surface area (Å²) in [5.74, 6) is 2.00. The summed E-state index contributed by atoms with van der Waals surface area (Å²) >= 11 is 3.83. The SMILES string of the molecule is Cc1cc(C)cc(CC2(CBr)CC3CCC2C3)c1. The lowest BCUT2D eigenvalue weighted by Gasteiger charge is -2.36. The van der Waals surface area contributed by atoms with Crippen molar-refractivity contribution in [3.05, 3.63) is 34.9 Å². The molecular formula is C17H23Br. The highest BCUT2D eigenvalue weighted by atomic mass is 79.9. The molecule has 1 aromatic carbocycles. The number of halogens is 1. The number of alkyl halides is 1. The van der Waals surface area contributed by atoms with Gasteiger partial charge in [0.2, 0.25) is 0 Å². The van der Waals surface area contributed by atoms with E-state index >= 15 is 0 Å². The summed E-state index contributed by atoms with van der Waals surface area (Å²) < 4.78 is 0. The Morgan fingerprint density at radius 2 is 1.89 bits per heavy atom. The Balaban J connectivity index is 1.86. The molecule has 0 N–H and O–H groups in total. The predicted molar refractivity (Wildman–Crippen MR) is 81.3 cm³/mol. The zero-order valence-electron chi connectivity index (χ0n) is 11.5. The molecule has 0 saturated heterocycles. The first-order chi connectivity index (χ1) is 8.61. The summed E-state index contributed by atoms with van der Waals surface area (Å²) in [5.41, 5.74) is 4.94. The van der Waals surface area contributed by atoms with Crippen LogP contribution in [0.3, 0.4) is 0 Å². The highest BCUT2D eigenvalue weighted by Gasteiger charge is 2.49. The molecule has 2 aliphatic carbocycles. The zero-order chi connectivity index (χ0) is 12.8. The number of fused-ring (bicyclic) bond motifs is 2. The molecule has 2 fully saturated rings. The van der Waals surface area contributed by atoms with Crippen LogP contribution in [0.5, 0.6) is 0 Å². The Morgan fingerprint density at radius 3 is 2.39 bits per heavy atom. The molecule has 2 aliphatic rings. The normalized spacial score (nSPS) is 34.2. The second-order valence-electron chi connectivity index (χ2n) is 6.75. The summed E-state index contributed by atoms with van der Waals surface area (Å²) in [5, 5.41) is 1.19. The minimum Gasteiger partial charge on any atom is -0.0922 e. The minimum absolute atomic E-state index is 0.559. The first-order valence-corrected chi connectivity index (χ1v) is 8.36.